The van der Waals surface area contributed by atoms with Gasteiger partial charge in [0.1, 0.15) is 0 Å². The van der Waals surface area contributed by atoms with Crippen LogP contribution in [0.5, 0.6) is 0 Å². The van der Waals surface area contributed by atoms with Gasteiger partial charge >= 0.3 is 5.97 Å². The van der Waals surface area contributed by atoms with Crippen LogP contribution in [0.25, 0.3) is 0 Å². The predicted octanol–water partition coefficient (Wildman–Crippen LogP) is 2.71. The molecule has 1 aromatic rings. The van der Waals surface area contributed by atoms with Crippen molar-refractivity contribution in [1.29, 1.82) is 0 Å². The molecule has 0 bridgehead atoms. The van der Waals surface area contributed by atoms with E-state index in [1.165, 1.54) is 16.8 Å². The quantitative estimate of drug-likeness (QED) is 0.813. The zero-order valence-corrected chi connectivity index (χ0v) is 10.5. The topological polar surface area (TPSA) is 38.3 Å². The summed E-state index contributed by atoms with van der Waals surface area (Å²) in [7, 11) is 0. The third kappa shape index (κ3) is 2.78. The standard InChI is InChI=1S/C14H19NO2/c1-3-17-14(16)8-10(2)11-4-5-13-12(9-11)6-7-15-13/h4-5,9-10,15H,3,6-8H2,1-2H3. The van der Waals surface area contributed by atoms with Gasteiger partial charge in [-0.2, -0.15) is 0 Å². The Morgan fingerprint density at radius 1 is 1.53 bits per heavy atom. The molecule has 1 atom stereocenters. The zero-order chi connectivity index (χ0) is 12.3. The number of carbonyl (C=O) groups excluding carboxylic acids is 1. The average molecular weight is 233 g/mol. The molecule has 1 aromatic carbocycles. The molecular weight excluding hydrogens is 214 g/mol. The Morgan fingerprint density at radius 2 is 2.35 bits per heavy atom. The minimum absolute atomic E-state index is 0.112. The molecule has 17 heavy (non-hydrogen) atoms. The third-order valence-electron chi connectivity index (χ3n) is 3.19. The Kier molecular flexibility index (Phi) is 3.67. The van der Waals surface area contributed by atoms with E-state index in [0.717, 1.165) is 13.0 Å². The monoisotopic (exact) mass is 233 g/mol. The van der Waals surface area contributed by atoms with Crippen LogP contribution < -0.4 is 5.32 Å². The molecule has 0 radical (unpaired) electrons. The van der Waals surface area contributed by atoms with Gasteiger partial charge in [-0.3, -0.25) is 4.79 Å². The number of rotatable bonds is 4. The molecular formula is C14H19NO2. The van der Waals surface area contributed by atoms with Gasteiger partial charge in [-0.1, -0.05) is 19.1 Å². The van der Waals surface area contributed by atoms with Crippen molar-refractivity contribution < 1.29 is 9.53 Å². The third-order valence-corrected chi connectivity index (χ3v) is 3.19. The number of nitrogens with one attached hydrogen (secondary N) is 1. The summed E-state index contributed by atoms with van der Waals surface area (Å²) in [6.07, 6.45) is 1.54. The van der Waals surface area contributed by atoms with E-state index in [2.05, 4.69) is 30.4 Å². The van der Waals surface area contributed by atoms with Gasteiger partial charge in [0.25, 0.3) is 0 Å². The molecule has 0 amide bonds. The van der Waals surface area contributed by atoms with Gasteiger partial charge < -0.3 is 10.1 Å². The lowest BCUT2D eigenvalue weighted by molar-refractivity contribution is -0.143. The van der Waals surface area contributed by atoms with E-state index < -0.39 is 0 Å². The minimum atomic E-state index is -0.112. The van der Waals surface area contributed by atoms with Gasteiger partial charge in [0.2, 0.25) is 0 Å². The van der Waals surface area contributed by atoms with E-state index in [0.29, 0.717) is 13.0 Å². The van der Waals surface area contributed by atoms with Crippen LogP contribution in [-0.2, 0) is 16.0 Å². The molecule has 1 N–H and O–H groups in total. The van der Waals surface area contributed by atoms with Crippen LogP contribution in [0.4, 0.5) is 5.69 Å². The summed E-state index contributed by atoms with van der Waals surface area (Å²) in [5.41, 5.74) is 3.82. The number of benzene rings is 1. The van der Waals surface area contributed by atoms with E-state index >= 15 is 0 Å². The number of ether oxygens (including phenoxy) is 1. The molecule has 3 heteroatoms. The second kappa shape index (κ2) is 5.21. The van der Waals surface area contributed by atoms with Crippen molar-refractivity contribution in [3.63, 3.8) is 0 Å². The van der Waals surface area contributed by atoms with E-state index in [9.17, 15) is 4.79 Å². The number of carbonyl (C=O) groups is 1. The molecule has 0 spiro atoms. The van der Waals surface area contributed by atoms with Gasteiger partial charge in [0, 0.05) is 12.2 Å². The highest BCUT2D eigenvalue weighted by Crippen LogP contribution is 2.28. The largest absolute Gasteiger partial charge is 0.466 e. The summed E-state index contributed by atoms with van der Waals surface area (Å²) in [5, 5.41) is 3.34. The first kappa shape index (κ1) is 12.0. The van der Waals surface area contributed by atoms with Gasteiger partial charge in [0.05, 0.1) is 13.0 Å². The van der Waals surface area contributed by atoms with Gasteiger partial charge in [-0.15, -0.1) is 0 Å². The number of anilines is 1. The smallest absolute Gasteiger partial charge is 0.306 e. The predicted molar refractivity (Wildman–Crippen MR) is 68.3 cm³/mol. The first-order valence-electron chi connectivity index (χ1n) is 6.23. The number of esters is 1. The van der Waals surface area contributed by atoms with Crippen LogP contribution in [0, 0.1) is 0 Å². The Balaban J connectivity index is 2.04. The lowest BCUT2D eigenvalue weighted by Gasteiger charge is -2.12. The summed E-state index contributed by atoms with van der Waals surface area (Å²) in [4.78, 5) is 11.4. The van der Waals surface area contributed by atoms with Crippen LogP contribution >= 0.6 is 0 Å². The first-order chi connectivity index (χ1) is 8.20. The van der Waals surface area contributed by atoms with E-state index in [1.54, 1.807) is 0 Å². The highest BCUT2D eigenvalue weighted by Gasteiger charge is 2.15. The molecule has 0 saturated carbocycles. The second-order valence-electron chi connectivity index (χ2n) is 4.50. The lowest BCUT2D eigenvalue weighted by Crippen LogP contribution is -2.08. The van der Waals surface area contributed by atoms with Gasteiger partial charge in [0.15, 0.2) is 0 Å². The van der Waals surface area contributed by atoms with Crippen molar-refractivity contribution in [3.8, 4) is 0 Å². The van der Waals surface area contributed by atoms with Crippen LogP contribution in [-0.4, -0.2) is 19.1 Å². The van der Waals surface area contributed by atoms with Crippen molar-refractivity contribution in [3.05, 3.63) is 29.3 Å². The van der Waals surface area contributed by atoms with Crippen LogP contribution in [0.15, 0.2) is 18.2 Å². The van der Waals surface area contributed by atoms with Crippen molar-refractivity contribution in [1.82, 2.24) is 0 Å². The molecule has 3 nitrogen and oxygen atoms in total. The fraction of sp³-hybridized carbons (Fsp3) is 0.500. The summed E-state index contributed by atoms with van der Waals surface area (Å²) < 4.78 is 4.98. The SMILES string of the molecule is CCOC(=O)CC(C)c1ccc2c(c1)CCN2. The molecule has 1 unspecified atom stereocenters. The van der Waals surface area contributed by atoms with Gasteiger partial charge in [-0.25, -0.2) is 0 Å². The summed E-state index contributed by atoms with van der Waals surface area (Å²) in [6, 6.07) is 6.42. The Labute approximate surface area is 102 Å². The zero-order valence-electron chi connectivity index (χ0n) is 10.5. The van der Waals surface area contributed by atoms with Gasteiger partial charge in [-0.05, 0) is 36.5 Å². The maximum absolute atomic E-state index is 11.4. The fourth-order valence-corrected chi connectivity index (χ4v) is 2.22. The molecule has 1 aliphatic rings. The van der Waals surface area contributed by atoms with Crippen LogP contribution in [0.3, 0.4) is 0 Å². The minimum Gasteiger partial charge on any atom is -0.466 e. The molecule has 92 valence electrons. The number of hydrogen-bond acceptors (Lipinski definition) is 3. The fourth-order valence-electron chi connectivity index (χ4n) is 2.22. The first-order valence-corrected chi connectivity index (χ1v) is 6.23. The highest BCUT2D eigenvalue weighted by molar-refractivity contribution is 5.70. The highest BCUT2D eigenvalue weighted by atomic mass is 16.5. The normalized spacial score (nSPS) is 14.9. The van der Waals surface area contributed by atoms with Crippen molar-refractivity contribution in [2.45, 2.75) is 32.6 Å². The van der Waals surface area contributed by atoms with Crippen molar-refractivity contribution >= 4 is 11.7 Å². The summed E-state index contributed by atoms with van der Waals surface area (Å²) in [5.74, 6) is 0.110. The van der Waals surface area contributed by atoms with E-state index in [1.807, 2.05) is 6.92 Å². The van der Waals surface area contributed by atoms with Crippen molar-refractivity contribution in [2.75, 3.05) is 18.5 Å². The van der Waals surface area contributed by atoms with Crippen molar-refractivity contribution in [2.24, 2.45) is 0 Å². The van der Waals surface area contributed by atoms with Crippen LogP contribution in [0.1, 0.15) is 37.3 Å². The number of hydrogen-bond donors (Lipinski definition) is 1. The second-order valence-corrected chi connectivity index (χ2v) is 4.50. The molecule has 0 aliphatic carbocycles. The Bertz CT molecular complexity index is 415. The Hall–Kier alpha value is -1.51. The molecule has 0 saturated heterocycles. The van der Waals surface area contributed by atoms with Crippen LogP contribution in [0.2, 0.25) is 0 Å². The Morgan fingerprint density at radius 3 is 3.12 bits per heavy atom. The molecule has 1 heterocycles. The summed E-state index contributed by atoms with van der Waals surface area (Å²) >= 11 is 0. The average Bonchev–Trinajstić information content (AvgIpc) is 2.75. The van der Waals surface area contributed by atoms with E-state index in [-0.39, 0.29) is 11.9 Å². The number of fused-ring (bicyclic) bond motifs is 1. The summed E-state index contributed by atoms with van der Waals surface area (Å²) in [6.45, 7) is 5.38. The maximum atomic E-state index is 11.4. The molecule has 1 aliphatic heterocycles. The molecule has 0 aromatic heterocycles. The lowest BCUT2D eigenvalue weighted by atomic mass is 9.95. The maximum Gasteiger partial charge on any atom is 0.306 e. The molecule has 2 rings (SSSR count). The molecule has 0 fully saturated rings. The van der Waals surface area contributed by atoms with E-state index in [4.69, 9.17) is 4.74 Å².